The molecule has 8 nitrogen and oxygen atoms in total. The quantitative estimate of drug-likeness (QED) is 0.573. The van der Waals surface area contributed by atoms with Gasteiger partial charge < -0.3 is 19.6 Å². The fourth-order valence-electron chi connectivity index (χ4n) is 4.13. The van der Waals surface area contributed by atoms with E-state index in [1.165, 1.54) is 0 Å². The molecule has 0 spiro atoms. The van der Waals surface area contributed by atoms with Crippen LogP contribution in [0.25, 0.3) is 0 Å². The van der Waals surface area contributed by atoms with E-state index in [9.17, 15) is 22.7 Å². The zero-order chi connectivity index (χ0) is 24.1. The lowest BCUT2D eigenvalue weighted by molar-refractivity contribution is -0.135. The van der Waals surface area contributed by atoms with E-state index in [4.69, 9.17) is 4.74 Å². The Bertz CT molecular complexity index is 1100. The van der Waals surface area contributed by atoms with E-state index in [2.05, 4.69) is 9.62 Å². The molecule has 2 aromatic rings. The van der Waals surface area contributed by atoms with Crippen LogP contribution in [0.3, 0.4) is 0 Å². The van der Waals surface area contributed by atoms with Crippen molar-refractivity contribution >= 4 is 21.6 Å². The molecule has 0 unspecified atom stereocenters. The number of carbonyl (C=O) groups is 1. The number of ether oxygens (including phenoxy) is 1. The van der Waals surface area contributed by atoms with Gasteiger partial charge >= 0.3 is 0 Å². The van der Waals surface area contributed by atoms with E-state index in [1.54, 1.807) is 17.1 Å². The van der Waals surface area contributed by atoms with Crippen LogP contribution >= 0.6 is 0 Å². The Morgan fingerprint density at radius 2 is 1.71 bits per heavy atom. The third-order valence-electron chi connectivity index (χ3n) is 6.01. The van der Waals surface area contributed by atoms with Gasteiger partial charge in [0, 0.05) is 31.9 Å². The normalized spacial score (nSPS) is 23.2. The third-order valence-corrected chi connectivity index (χ3v) is 7.48. The van der Waals surface area contributed by atoms with Gasteiger partial charge in [-0.25, -0.2) is 17.5 Å². The van der Waals surface area contributed by atoms with Gasteiger partial charge in [-0.3, -0.25) is 4.79 Å². The van der Waals surface area contributed by atoms with Crippen molar-refractivity contribution in [2.45, 2.75) is 29.6 Å². The summed E-state index contributed by atoms with van der Waals surface area (Å²) in [6, 6.07) is 13.7. The van der Waals surface area contributed by atoms with Crippen LogP contribution in [0.15, 0.2) is 71.6 Å². The summed E-state index contributed by atoms with van der Waals surface area (Å²) in [5.74, 6) is -0.591. The van der Waals surface area contributed by atoms with Crippen molar-refractivity contribution in [1.82, 2.24) is 9.62 Å². The third kappa shape index (κ3) is 5.82. The zero-order valence-electron chi connectivity index (χ0n) is 18.6. The number of aliphatic hydroxyl groups excluding tert-OH is 1. The molecule has 2 N–H and O–H groups in total. The number of rotatable bonds is 7. The molecule has 3 atom stereocenters. The van der Waals surface area contributed by atoms with E-state index < -0.39 is 40.7 Å². The summed E-state index contributed by atoms with van der Waals surface area (Å²) < 4.78 is 46.6. The Labute approximate surface area is 198 Å². The van der Waals surface area contributed by atoms with Gasteiger partial charge in [-0.05, 0) is 36.4 Å². The number of halogens is 1. The highest BCUT2D eigenvalue weighted by Gasteiger charge is 2.32. The second kappa shape index (κ2) is 10.6. The SMILES string of the molecule is O=C(C[C@H]1C=C[C@H](NS(=O)(=O)c2ccc(F)cc2)[C@@H](CO)O1)N1CCN(c2ccccc2)CC1. The zero-order valence-corrected chi connectivity index (χ0v) is 19.4. The molecular formula is C24H28FN3O5S. The van der Waals surface area contributed by atoms with Crippen molar-refractivity contribution in [3.05, 3.63) is 72.6 Å². The average Bonchev–Trinajstić information content (AvgIpc) is 2.85. The first kappa shape index (κ1) is 24.3. The number of aliphatic hydroxyl groups is 1. The number of carbonyl (C=O) groups excluding carboxylic acids is 1. The Balaban J connectivity index is 1.32. The topological polar surface area (TPSA) is 99.2 Å². The first-order valence-electron chi connectivity index (χ1n) is 11.2. The fourth-order valence-corrected chi connectivity index (χ4v) is 5.34. The van der Waals surface area contributed by atoms with Crippen molar-refractivity contribution in [3.8, 4) is 0 Å². The largest absolute Gasteiger partial charge is 0.394 e. The highest BCUT2D eigenvalue weighted by Crippen LogP contribution is 2.21. The monoisotopic (exact) mass is 489 g/mol. The van der Waals surface area contributed by atoms with Gasteiger partial charge in [0.05, 0.1) is 30.1 Å². The molecule has 0 bridgehead atoms. The second-order valence-corrected chi connectivity index (χ2v) is 10.0. The minimum atomic E-state index is -3.94. The Morgan fingerprint density at radius 1 is 1.03 bits per heavy atom. The standard InChI is InChI=1S/C24H28FN3O5S/c25-18-6-9-21(10-7-18)34(31,32)26-22-11-8-20(33-23(22)17-29)16-24(30)28-14-12-27(13-15-28)19-4-2-1-3-5-19/h1-11,20,22-23,26,29H,12-17H2/t20-,22+,23-/m1/s1. The fraction of sp³-hybridized carbons (Fsp3) is 0.375. The van der Waals surface area contributed by atoms with E-state index in [-0.39, 0.29) is 17.2 Å². The van der Waals surface area contributed by atoms with E-state index in [0.717, 1.165) is 43.0 Å². The summed E-state index contributed by atoms with van der Waals surface area (Å²) >= 11 is 0. The summed E-state index contributed by atoms with van der Waals surface area (Å²) in [4.78, 5) is 16.8. The summed E-state index contributed by atoms with van der Waals surface area (Å²) in [7, 11) is -3.94. The number of piperazine rings is 1. The molecule has 0 aromatic heterocycles. The number of hydrogen-bond donors (Lipinski definition) is 2. The summed E-state index contributed by atoms with van der Waals surface area (Å²) in [6.45, 7) is 2.26. The predicted octanol–water partition coefficient (Wildman–Crippen LogP) is 1.53. The first-order chi connectivity index (χ1) is 16.4. The van der Waals surface area contributed by atoms with Gasteiger partial charge in [-0.1, -0.05) is 30.4 Å². The summed E-state index contributed by atoms with van der Waals surface area (Å²) in [6.07, 6.45) is 1.92. The van der Waals surface area contributed by atoms with Crippen LogP contribution in [0, 0.1) is 5.82 Å². The molecule has 34 heavy (non-hydrogen) atoms. The van der Waals surface area contributed by atoms with Gasteiger partial charge in [-0.2, -0.15) is 0 Å². The molecule has 1 saturated heterocycles. The molecule has 10 heteroatoms. The smallest absolute Gasteiger partial charge is 0.241 e. The number of para-hydroxylation sites is 1. The average molecular weight is 490 g/mol. The van der Waals surface area contributed by atoms with Crippen LogP contribution in [0.1, 0.15) is 6.42 Å². The van der Waals surface area contributed by atoms with Crippen molar-refractivity contribution in [3.63, 3.8) is 0 Å². The minimum absolute atomic E-state index is 0.0515. The lowest BCUT2D eigenvalue weighted by Crippen LogP contribution is -2.51. The van der Waals surface area contributed by atoms with Crippen LogP contribution in [0.2, 0.25) is 0 Å². The van der Waals surface area contributed by atoms with Gasteiger partial charge in [-0.15, -0.1) is 0 Å². The Kier molecular flexibility index (Phi) is 7.62. The number of sulfonamides is 1. The summed E-state index contributed by atoms with van der Waals surface area (Å²) in [5.41, 5.74) is 1.13. The minimum Gasteiger partial charge on any atom is -0.394 e. The first-order valence-corrected chi connectivity index (χ1v) is 12.6. The van der Waals surface area contributed by atoms with Crippen LogP contribution in [-0.4, -0.2) is 75.4 Å². The Hall–Kier alpha value is -2.79. The van der Waals surface area contributed by atoms with Gasteiger partial charge in [0.1, 0.15) is 11.9 Å². The molecule has 1 amide bonds. The maximum atomic E-state index is 13.1. The molecule has 1 fully saturated rings. The molecule has 0 aliphatic carbocycles. The Morgan fingerprint density at radius 3 is 2.35 bits per heavy atom. The van der Waals surface area contributed by atoms with Crippen molar-refractivity contribution < 1.29 is 27.4 Å². The number of nitrogens with one attached hydrogen (secondary N) is 1. The van der Waals surface area contributed by atoms with Crippen LogP contribution in [0.5, 0.6) is 0 Å². The van der Waals surface area contributed by atoms with Crippen LogP contribution < -0.4 is 9.62 Å². The maximum absolute atomic E-state index is 13.1. The van der Waals surface area contributed by atoms with E-state index in [1.807, 2.05) is 30.3 Å². The van der Waals surface area contributed by atoms with Crippen molar-refractivity contribution in [2.75, 3.05) is 37.7 Å². The molecular weight excluding hydrogens is 461 g/mol. The molecule has 2 aliphatic heterocycles. The van der Waals surface area contributed by atoms with Crippen LogP contribution in [0.4, 0.5) is 10.1 Å². The molecule has 0 radical (unpaired) electrons. The molecule has 4 rings (SSSR count). The molecule has 2 aromatic carbocycles. The molecule has 0 saturated carbocycles. The van der Waals surface area contributed by atoms with Gasteiger partial charge in [0.15, 0.2) is 0 Å². The van der Waals surface area contributed by atoms with Gasteiger partial charge in [0.25, 0.3) is 0 Å². The maximum Gasteiger partial charge on any atom is 0.241 e. The highest BCUT2D eigenvalue weighted by atomic mass is 32.2. The van der Waals surface area contributed by atoms with Crippen molar-refractivity contribution in [2.24, 2.45) is 0 Å². The molecule has 2 aliphatic rings. The lowest BCUT2D eigenvalue weighted by Gasteiger charge is -2.37. The number of anilines is 1. The second-order valence-electron chi connectivity index (χ2n) is 8.29. The lowest BCUT2D eigenvalue weighted by atomic mass is 10.1. The number of nitrogens with zero attached hydrogens (tertiary/aromatic N) is 2. The van der Waals surface area contributed by atoms with Crippen LogP contribution in [-0.2, 0) is 19.6 Å². The number of benzene rings is 2. The predicted molar refractivity (Wildman–Crippen MR) is 125 cm³/mol. The molecule has 2 heterocycles. The highest BCUT2D eigenvalue weighted by molar-refractivity contribution is 7.89. The van der Waals surface area contributed by atoms with E-state index in [0.29, 0.717) is 13.1 Å². The van der Waals surface area contributed by atoms with Crippen molar-refractivity contribution in [1.29, 1.82) is 0 Å². The molecule has 182 valence electrons. The number of hydrogen-bond acceptors (Lipinski definition) is 6. The van der Waals surface area contributed by atoms with E-state index >= 15 is 0 Å². The summed E-state index contributed by atoms with van der Waals surface area (Å²) in [5, 5.41) is 9.76. The van der Waals surface area contributed by atoms with Gasteiger partial charge in [0.2, 0.25) is 15.9 Å². The number of amides is 1.